The Kier molecular flexibility index (Phi) is 16.5. The minimum Gasteiger partial charge on any atom is 1.00 e. The van der Waals surface area contributed by atoms with E-state index in [-0.39, 0.29) is 46.7 Å². The Balaban J connectivity index is -0.00000338. The van der Waals surface area contributed by atoms with Gasteiger partial charge in [0.05, 0.1) is 0 Å². The molecule has 0 fully saturated rings. The van der Waals surface area contributed by atoms with Gasteiger partial charge in [-0.25, -0.2) is 0 Å². The van der Waals surface area contributed by atoms with E-state index in [9.17, 15) is 29.4 Å². The molecule has 29 heavy (non-hydrogen) atoms. The van der Waals surface area contributed by atoms with Crippen LogP contribution in [-0.4, -0.2) is 68.3 Å². The van der Waals surface area contributed by atoms with Crippen LogP contribution >= 0.6 is 0 Å². The third kappa shape index (κ3) is 18.0. The number of alkyl carbamates (subject to hydrolysis) is 2. The van der Waals surface area contributed by atoms with Crippen LogP contribution in [0.25, 0.3) is 0 Å². The number of hydrogen-bond acceptors (Lipinski definition) is 8. The van der Waals surface area contributed by atoms with Crippen molar-refractivity contribution in [2.24, 2.45) is 0 Å². The molecule has 0 bridgehead atoms. The predicted molar refractivity (Wildman–Crippen MR) is 91.7 cm³/mol. The van der Waals surface area contributed by atoms with E-state index in [1.54, 1.807) is 41.5 Å². The average molecular weight is 516 g/mol. The molecule has 0 aliphatic carbocycles. The molecule has 0 saturated heterocycles. The second-order valence-electron chi connectivity index (χ2n) is 7.57. The smallest absolute Gasteiger partial charge is 1.00 e. The zero-order valence-corrected chi connectivity index (χ0v) is 20.6. The summed E-state index contributed by atoms with van der Waals surface area (Å²) in [6.45, 7) is 9.76. The topological polar surface area (TPSA) is 157 Å². The molecule has 156 valence electrons. The SMILES string of the molecule is CC(C)(C)OC(=O)N[C@@H](C[Te]C[C@H](NC(=O)OC(C)(C)C)C(=O)[O-])C(=O)[O-].[Li+].[Li+]. The van der Waals surface area contributed by atoms with Crippen LogP contribution in [-0.2, 0) is 19.1 Å². The van der Waals surface area contributed by atoms with Gasteiger partial charge in [0.15, 0.2) is 0 Å². The minimum atomic E-state index is -1.50. The van der Waals surface area contributed by atoms with Crippen molar-refractivity contribution in [3.8, 4) is 0 Å². The molecule has 0 aromatic carbocycles. The van der Waals surface area contributed by atoms with Crippen LogP contribution in [0, 0.1) is 0 Å². The Bertz CT molecular complexity index is 516. The summed E-state index contributed by atoms with van der Waals surface area (Å²) >= 11 is -1.23. The number of ether oxygens (including phenoxy) is 2. The number of aliphatic carboxylic acids is 2. The van der Waals surface area contributed by atoms with E-state index in [0.717, 1.165) is 0 Å². The average Bonchev–Trinajstić information content (AvgIpc) is 2.40. The van der Waals surface area contributed by atoms with Crippen molar-refractivity contribution >= 4 is 45.0 Å². The molecule has 0 aliphatic heterocycles. The van der Waals surface area contributed by atoms with Gasteiger partial charge in [0, 0.05) is 0 Å². The van der Waals surface area contributed by atoms with Crippen molar-refractivity contribution in [1.82, 2.24) is 10.6 Å². The maximum absolute atomic E-state index is 11.7. The molecule has 0 unspecified atom stereocenters. The fourth-order valence-corrected chi connectivity index (χ4v) is 4.53. The summed E-state index contributed by atoms with van der Waals surface area (Å²) < 4.78 is 9.97. The van der Waals surface area contributed by atoms with E-state index < -0.39 is 68.3 Å². The zero-order chi connectivity index (χ0) is 21.4. The first-order valence-corrected chi connectivity index (χ1v) is 11.4. The van der Waals surface area contributed by atoms with E-state index in [1.807, 2.05) is 0 Å². The van der Waals surface area contributed by atoms with Crippen LogP contribution in [0.5, 0.6) is 0 Å². The number of hydrogen-bond donors (Lipinski definition) is 2. The molecule has 0 spiro atoms. The summed E-state index contributed by atoms with van der Waals surface area (Å²) in [5.41, 5.74) is -1.59. The second-order valence-corrected chi connectivity index (χ2v) is 10.6. The number of rotatable bonds is 8. The molecule has 0 saturated carbocycles. The monoisotopic (exact) mass is 518 g/mol. The Morgan fingerprint density at radius 3 is 1.24 bits per heavy atom. The molecule has 0 aromatic rings. The maximum atomic E-state index is 11.7. The van der Waals surface area contributed by atoms with Crippen molar-refractivity contribution in [3.05, 3.63) is 0 Å². The van der Waals surface area contributed by atoms with Gasteiger partial charge in [-0.1, -0.05) is 0 Å². The van der Waals surface area contributed by atoms with Gasteiger partial charge in [-0.15, -0.1) is 0 Å². The van der Waals surface area contributed by atoms with Gasteiger partial charge < -0.3 is 0 Å². The van der Waals surface area contributed by atoms with Gasteiger partial charge in [0.1, 0.15) is 0 Å². The van der Waals surface area contributed by atoms with E-state index in [1.165, 1.54) is 0 Å². The summed E-state index contributed by atoms with van der Waals surface area (Å²) in [5.74, 6) is -3.01. The van der Waals surface area contributed by atoms with Crippen LogP contribution in [0.3, 0.4) is 0 Å². The third-order valence-corrected chi connectivity index (χ3v) is 5.77. The molecule has 13 heteroatoms. The fourth-order valence-electron chi connectivity index (χ4n) is 1.54. The van der Waals surface area contributed by atoms with Gasteiger partial charge in [0.2, 0.25) is 0 Å². The molecule has 0 rings (SSSR count). The Hall–Kier alpha value is -0.536. The van der Waals surface area contributed by atoms with Crippen molar-refractivity contribution in [2.45, 2.75) is 73.8 Å². The largest absolute Gasteiger partial charge is 1.00 e. The molecule has 2 atom stereocenters. The molecular formula is C16H26Li2N2O8Te. The molecule has 10 nitrogen and oxygen atoms in total. The van der Waals surface area contributed by atoms with E-state index >= 15 is 0 Å². The van der Waals surface area contributed by atoms with Crippen molar-refractivity contribution < 1.29 is 76.6 Å². The Labute approximate surface area is 205 Å². The zero-order valence-electron chi connectivity index (χ0n) is 18.2. The van der Waals surface area contributed by atoms with Gasteiger partial charge in [-0.05, 0) is 0 Å². The molecule has 0 heterocycles. The molecule has 0 aromatic heterocycles. The summed E-state index contributed by atoms with van der Waals surface area (Å²) in [5, 5.41) is 26.7. The molecule has 2 amide bonds. The van der Waals surface area contributed by atoms with Gasteiger partial charge in [-0.3, -0.25) is 0 Å². The van der Waals surface area contributed by atoms with E-state index in [2.05, 4.69) is 10.6 Å². The first-order chi connectivity index (χ1) is 12.1. The number of carbonyl (C=O) groups excluding carboxylic acids is 4. The minimum absolute atomic E-state index is 0. The predicted octanol–water partition coefficient (Wildman–Crippen LogP) is -7.18. The van der Waals surface area contributed by atoms with Crippen LogP contribution in [0.15, 0.2) is 0 Å². The normalized spacial score (nSPS) is 12.9. The van der Waals surface area contributed by atoms with Crippen molar-refractivity contribution in [1.29, 1.82) is 0 Å². The molecule has 0 aliphatic rings. The van der Waals surface area contributed by atoms with Crippen LogP contribution in [0.4, 0.5) is 9.59 Å². The summed E-state index contributed by atoms with van der Waals surface area (Å²) in [7, 11) is 0. The number of carbonyl (C=O) groups is 4. The summed E-state index contributed by atoms with van der Waals surface area (Å²) in [6.07, 6.45) is -1.82. The summed E-state index contributed by atoms with van der Waals surface area (Å²) in [6, 6.07) is -2.63. The van der Waals surface area contributed by atoms with Crippen molar-refractivity contribution in [2.75, 3.05) is 0 Å². The molecule has 2 N–H and O–H groups in total. The van der Waals surface area contributed by atoms with Gasteiger partial charge >= 0.3 is 206 Å². The van der Waals surface area contributed by atoms with Gasteiger partial charge in [-0.2, -0.15) is 0 Å². The van der Waals surface area contributed by atoms with E-state index in [0.29, 0.717) is 0 Å². The maximum Gasteiger partial charge on any atom is 1.00 e. The quantitative estimate of drug-likeness (QED) is 0.302. The molecular weight excluding hydrogens is 490 g/mol. The second kappa shape index (κ2) is 14.5. The van der Waals surface area contributed by atoms with Gasteiger partial charge in [0.25, 0.3) is 0 Å². The number of nitrogens with one attached hydrogen (secondary N) is 2. The Morgan fingerprint density at radius 1 is 0.759 bits per heavy atom. The number of carboxylic acids is 2. The molecule has 0 radical (unpaired) electrons. The standard InChI is InChI=1S/C16H28N2O8Te.2Li/c1-15(2,3)25-13(23)17-9(11(19)20)7-27-8-10(12(21)22)18-14(24)26-16(4,5)6;;/h9-10H,7-8H2,1-6H3,(H,17,23)(H,18,24)(H,19,20)(H,21,22);;/q;2*+1/p-2/t9-,10-;;/m0../s1. The first kappa shape index (κ1) is 33.1. The summed E-state index contributed by atoms with van der Waals surface area (Å²) in [4.78, 5) is 45.7. The number of amides is 2. The Morgan fingerprint density at radius 2 is 1.03 bits per heavy atom. The van der Waals surface area contributed by atoms with E-state index in [4.69, 9.17) is 9.47 Å². The van der Waals surface area contributed by atoms with Crippen LogP contribution < -0.4 is 58.6 Å². The van der Waals surface area contributed by atoms with Crippen LogP contribution in [0.2, 0.25) is 8.94 Å². The van der Waals surface area contributed by atoms with Crippen LogP contribution in [0.1, 0.15) is 41.5 Å². The number of carboxylic acid groups (broad SMARTS) is 2. The van der Waals surface area contributed by atoms with Crippen molar-refractivity contribution in [3.63, 3.8) is 0 Å². The third-order valence-electron chi connectivity index (χ3n) is 2.52. The first-order valence-electron chi connectivity index (χ1n) is 8.09. The fraction of sp³-hybridized carbons (Fsp3) is 0.750.